The Kier molecular flexibility index (Phi) is 5.20. The van der Waals surface area contributed by atoms with Gasteiger partial charge in [0.2, 0.25) is 5.91 Å². The lowest BCUT2D eigenvalue weighted by molar-refractivity contribution is -0.116. The third-order valence-corrected chi connectivity index (χ3v) is 3.57. The highest BCUT2D eigenvalue weighted by molar-refractivity contribution is 5.96. The van der Waals surface area contributed by atoms with Crippen molar-refractivity contribution in [3.05, 3.63) is 42.2 Å². The number of benzene rings is 1. The number of carbonyl (C=O) groups excluding carboxylic acids is 1. The number of rotatable bonds is 6. The molecule has 1 unspecified atom stereocenters. The minimum atomic E-state index is -0.338. The third kappa shape index (κ3) is 3.87. The minimum absolute atomic E-state index is 0.0580. The van der Waals surface area contributed by atoms with Crippen LogP contribution in [-0.2, 0) is 11.3 Å². The van der Waals surface area contributed by atoms with Gasteiger partial charge >= 0.3 is 0 Å². The first-order valence-corrected chi connectivity index (χ1v) is 7.70. The maximum absolute atomic E-state index is 12.4. The molecule has 0 bridgehead atoms. The number of nitrogens with one attached hydrogen (secondary N) is 2. The Morgan fingerprint density at radius 2 is 2.00 bits per heavy atom. The van der Waals surface area contributed by atoms with Gasteiger partial charge in [0, 0.05) is 18.4 Å². The van der Waals surface area contributed by atoms with Crippen molar-refractivity contribution in [1.82, 2.24) is 9.78 Å². The standard InChI is InChI=1S/C17H24N4O/c1-5-21-11-14(10-18-21)19-13(4)17(22)20-16-9-7-6-8-15(16)12(2)3/h6-13,19H,5H2,1-4H3,(H,20,22). The number of nitrogens with zero attached hydrogens (tertiary/aromatic N) is 2. The average Bonchev–Trinajstić information content (AvgIpc) is 2.95. The van der Waals surface area contributed by atoms with E-state index in [4.69, 9.17) is 0 Å². The molecule has 1 aromatic carbocycles. The van der Waals surface area contributed by atoms with Gasteiger partial charge in [-0.1, -0.05) is 32.0 Å². The summed E-state index contributed by atoms with van der Waals surface area (Å²) in [5.74, 6) is 0.305. The van der Waals surface area contributed by atoms with E-state index in [2.05, 4.69) is 29.6 Å². The molecule has 2 rings (SSSR count). The van der Waals surface area contributed by atoms with Gasteiger partial charge in [-0.15, -0.1) is 0 Å². The average molecular weight is 300 g/mol. The van der Waals surface area contributed by atoms with Crippen LogP contribution in [0.1, 0.15) is 39.2 Å². The molecule has 2 N–H and O–H groups in total. The van der Waals surface area contributed by atoms with Crippen LogP contribution in [0.15, 0.2) is 36.7 Å². The number of aryl methyl sites for hydroxylation is 1. The molecule has 1 aromatic heterocycles. The zero-order valence-corrected chi connectivity index (χ0v) is 13.6. The molecular formula is C17H24N4O. The summed E-state index contributed by atoms with van der Waals surface area (Å²) in [4.78, 5) is 12.4. The van der Waals surface area contributed by atoms with Crippen molar-refractivity contribution in [3.8, 4) is 0 Å². The zero-order valence-electron chi connectivity index (χ0n) is 13.6. The molecule has 1 heterocycles. The second-order valence-electron chi connectivity index (χ2n) is 5.68. The van der Waals surface area contributed by atoms with Gasteiger partial charge in [0.05, 0.1) is 11.9 Å². The molecule has 1 atom stereocenters. The molecule has 5 nitrogen and oxygen atoms in total. The van der Waals surface area contributed by atoms with E-state index >= 15 is 0 Å². The fourth-order valence-corrected chi connectivity index (χ4v) is 2.28. The molecule has 0 radical (unpaired) electrons. The Morgan fingerprint density at radius 3 is 2.64 bits per heavy atom. The predicted octanol–water partition coefficient (Wildman–Crippen LogP) is 3.47. The van der Waals surface area contributed by atoms with Gasteiger partial charge < -0.3 is 10.6 Å². The van der Waals surface area contributed by atoms with E-state index in [9.17, 15) is 4.79 Å². The van der Waals surface area contributed by atoms with Gasteiger partial charge in [-0.2, -0.15) is 5.10 Å². The van der Waals surface area contributed by atoms with Crippen molar-refractivity contribution in [2.45, 2.75) is 46.2 Å². The topological polar surface area (TPSA) is 59.0 Å². The number of aromatic nitrogens is 2. The van der Waals surface area contributed by atoms with E-state index in [0.717, 1.165) is 23.5 Å². The molecule has 0 fully saturated rings. The number of amides is 1. The molecule has 118 valence electrons. The van der Waals surface area contributed by atoms with Gasteiger partial charge in [0.25, 0.3) is 0 Å². The zero-order chi connectivity index (χ0) is 16.1. The van der Waals surface area contributed by atoms with Crippen LogP contribution >= 0.6 is 0 Å². The van der Waals surface area contributed by atoms with Crippen LogP contribution in [0.5, 0.6) is 0 Å². The lowest BCUT2D eigenvalue weighted by atomic mass is 10.0. The van der Waals surface area contributed by atoms with Crippen LogP contribution in [-0.4, -0.2) is 21.7 Å². The molecular weight excluding hydrogens is 276 g/mol. The molecule has 0 aliphatic heterocycles. The Balaban J connectivity index is 2.02. The Labute approximate surface area is 131 Å². The number of hydrogen-bond acceptors (Lipinski definition) is 3. The molecule has 2 aromatic rings. The van der Waals surface area contributed by atoms with Gasteiger partial charge in [-0.3, -0.25) is 9.48 Å². The summed E-state index contributed by atoms with van der Waals surface area (Å²) in [5.41, 5.74) is 2.86. The fraction of sp³-hybridized carbons (Fsp3) is 0.412. The van der Waals surface area contributed by atoms with Crippen molar-refractivity contribution in [2.75, 3.05) is 10.6 Å². The Hall–Kier alpha value is -2.30. The summed E-state index contributed by atoms with van der Waals surface area (Å²) in [7, 11) is 0. The lowest BCUT2D eigenvalue weighted by Gasteiger charge is -2.17. The van der Waals surface area contributed by atoms with Crippen LogP contribution < -0.4 is 10.6 Å². The van der Waals surface area contributed by atoms with E-state index in [1.54, 1.807) is 6.20 Å². The van der Waals surface area contributed by atoms with Crippen molar-refractivity contribution in [3.63, 3.8) is 0 Å². The molecule has 5 heteroatoms. The minimum Gasteiger partial charge on any atom is -0.371 e. The molecule has 0 aliphatic rings. The molecule has 0 spiro atoms. The summed E-state index contributed by atoms with van der Waals surface area (Å²) >= 11 is 0. The summed E-state index contributed by atoms with van der Waals surface area (Å²) in [6.07, 6.45) is 3.63. The van der Waals surface area contributed by atoms with E-state index in [0.29, 0.717) is 5.92 Å². The monoisotopic (exact) mass is 300 g/mol. The summed E-state index contributed by atoms with van der Waals surface area (Å²) in [5, 5.41) is 10.4. The third-order valence-electron chi connectivity index (χ3n) is 3.57. The Bertz CT molecular complexity index is 633. The van der Waals surface area contributed by atoms with Crippen molar-refractivity contribution < 1.29 is 4.79 Å². The quantitative estimate of drug-likeness (QED) is 0.859. The normalized spacial score (nSPS) is 12.2. The molecule has 0 saturated heterocycles. The highest BCUT2D eigenvalue weighted by Crippen LogP contribution is 2.23. The van der Waals surface area contributed by atoms with Crippen molar-refractivity contribution in [2.24, 2.45) is 0 Å². The lowest BCUT2D eigenvalue weighted by Crippen LogP contribution is -2.32. The van der Waals surface area contributed by atoms with Gasteiger partial charge in [0.1, 0.15) is 6.04 Å². The maximum atomic E-state index is 12.4. The molecule has 22 heavy (non-hydrogen) atoms. The smallest absolute Gasteiger partial charge is 0.246 e. The van der Waals surface area contributed by atoms with E-state index in [1.807, 2.05) is 49.0 Å². The first-order chi connectivity index (χ1) is 10.5. The first-order valence-electron chi connectivity index (χ1n) is 7.70. The largest absolute Gasteiger partial charge is 0.371 e. The predicted molar refractivity (Wildman–Crippen MR) is 90.1 cm³/mol. The molecule has 0 aliphatic carbocycles. The highest BCUT2D eigenvalue weighted by Gasteiger charge is 2.15. The van der Waals surface area contributed by atoms with E-state index in [1.165, 1.54) is 0 Å². The van der Waals surface area contributed by atoms with Crippen LogP contribution in [0.25, 0.3) is 0 Å². The van der Waals surface area contributed by atoms with Crippen molar-refractivity contribution in [1.29, 1.82) is 0 Å². The Morgan fingerprint density at radius 1 is 1.27 bits per heavy atom. The summed E-state index contributed by atoms with van der Waals surface area (Å²) < 4.78 is 1.82. The van der Waals surface area contributed by atoms with Gasteiger partial charge in [0.15, 0.2) is 0 Å². The van der Waals surface area contributed by atoms with Gasteiger partial charge in [-0.05, 0) is 31.4 Å². The number of para-hydroxylation sites is 1. The van der Waals surface area contributed by atoms with Crippen LogP contribution in [0, 0.1) is 0 Å². The molecule has 0 saturated carbocycles. The van der Waals surface area contributed by atoms with E-state index < -0.39 is 0 Å². The second-order valence-corrected chi connectivity index (χ2v) is 5.68. The highest BCUT2D eigenvalue weighted by atomic mass is 16.2. The number of hydrogen-bond donors (Lipinski definition) is 2. The number of carbonyl (C=O) groups is 1. The summed E-state index contributed by atoms with van der Waals surface area (Å²) in [6, 6.07) is 7.57. The van der Waals surface area contributed by atoms with Crippen molar-refractivity contribution >= 4 is 17.3 Å². The second kappa shape index (κ2) is 7.11. The fourth-order valence-electron chi connectivity index (χ4n) is 2.28. The first kappa shape index (κ1) is 16.1. The van der Waals surface area contributed by atoms with Crippen LogP contribution in [0.2, 0.25) is 0 Å². The van der Waals surface area contributed by atoms with Crippen LogP contribution in [0.4, 0.5) is 11.4 Å². The number of anilines is 2. The maximum Gasteiger partial charge on any atom is 0.246 e. The van der Waals surface area contributed by atoms with Gasteiger partial charge in [-0.25, -0.2) is 0 Å². The summed E-state index contributed by atoms with van der Waals surface area (Å²) in [6.45, 7) is 8.91. The SMILES string of the molecule is CCn1cc(NC(C)C(=O)Nc2ccccc2C(C)C)cn1. The van der Waals surface area contributed by atoms with Crippen LogP contribution in [0.3, 0.4) is 0 Å². The molecule has 1 amide bonds. The van der Waals surface area contributed by atoms with E-state index in [-0.39, 0.29) is 11.9 Å².